The summed E-state index contributed by atoms with van der Waals surface area (Å²) in [5.41, 5.74) is 2.32. The summed E-state index contributed by atoms with van der Waals surface area (Å²) in [5, 5.41) is 0. The third-order valence-electron chi connectivity index (χ3n) is 1.93. The Bertz CT molecular complexity index is 302. The van der Waals surface area contributed by atoms with E-state index in [4.69, 9.17) is 4.74 Å². The van der Waals surface area contributed by atoms with Crippen LogP contribution in [-0.2, 0) is 4.74 Å². The number of benzene rings is 1. The Kier molecular flexibility index (Phi) is 8.32. The molecule has 0 atom stereocenters. The summed E-state index contributed by atoms with van der Waals surface area (Å²) in [5.74, 6) is 0.778. The van der Waals surface area contributed by atoms with Gasteiger partial charge < -0.3 is 4.74 Å². The van der Waals surface area contributed by atoms with E-state index < -0.39 is 0 Å². The molecule has 0 heterocycles. The van der Waals surface area contributed by atoms with Crippen molar-refractivity contribution in [1.29, 1.82) is 0 Å². The Balaban J connectivity index is 0.000000673. The summed E-state index contributed by atoms with van der Waals surface area (Å²) < 4.78 is 5.46. The lowest BCUT2D eigenvalue weighted by Gasteiger charge is -2.10. The van der Waals surface area contributed by atoms with Crippen molar-refractivity contribution < 1.29 is 4.74 Å². The van der Waals surface area contributed by atoms with E-state index >= 15 is 0 Å². The first-order valence-corrected chi connectivity index (χ1v) is 6.05. The lowest BCUT2D eigenvalue weighted by molar-refractivity contribution is 0.278. The molecule has 0 aliphatic carbocycles. The molecule has 0 bridgehead atoms. The minimum atomic E-state index is 0.743. The topological polar surface area (TPSA) is 9.23 Å². The molecule has 0 aromatic heterocycles. The van der Waals surface area contributed by atoms with Crippen molar-refractivity contribution in [3.8, 4) is 0 Å². The van der Waals surface area contributed by atoms with Crippen LogP contribution in [0.4, 0.5) is 0 Å². The second-order valence-corrected chi connectivity index (χ2v) is 3.79. The SMILES string of the molecule is C=C(OCCC)c1ccccc1C.CCC. The maximum absolute atomic E-state index is 5.46. The Morgan fingerprint density at radius 2 is 1.75 bits per heavy atom. The molecule has 0 saturated carbocycles. The van der Waals surface area contributed by atoms with Gasteiger partial charge in [-0.05, 0) is 18.9 Å². The van der Waals surface area contributed by atoms with E-state index in [0.29, 0.717) is 0 Å². The second-order valence-electron chi connectivity index (χ2n) is 3.79. The molecule has 0 saturated heterocycles. The number of aryl methyl sites for hydroxylation is 1. The summed E-state index contributed by atoms with van der Waals surface area (Å²) >= 11 is 0. The number of hydrogen-bond donors (Lipinski definition) is 0. The predicted octanol–water partition coefficient (Wildman–Crippen LogP) is 4.81. The van der Waals surface area contributed by atoms with Gasteiger partial charge in [-0.2, -0.15) is 0 Å². The van der Waals surface area contributed by atoms with E-state index in [1.807, 2.05) is 18.2 Å². The summed E-state index contributed by atoms with van der Waals surface area (Å²) in [7, 11) is 0. The molecule has 0 radical (unpaired) electrons. The van der Waals surface area contributed by atoms with E-state index in [9.17, 15) is 0 Å². The van der Waals surface area contributed by atoms with Crippen molar-refractivity contribution in [3.05, 3.63) is 42.0 Å². The third-order valence-corrected chi connectivity index (χ3v) is 1.93. The highest BCUT2D eigenvalue weighted by atomic mass is 16.5. The summed E-state index contributed by atoms with van der Waals surface area (Å²) in [4.78, 5) is 0. The molecular weight excluding hydrogens is 196 g/mol. The molecule has 0 aliphatic heterocycles. The summed E-state index contributed by atoms with van der Waals surface area (Å²) in [6.45, 7) is 13.0. The van der Waals surface area contributed by atoms with Gasteiger partial charge in [0.15, 0.2) is 0 Å². The molecule has 0 amide bonds. The van der Waals surface area contributed by atoms with E-state index in [0.717, 1.165) is 24.4 Å². The molecule has 0 N–H and O–H groups in total. The van der Waals surface area contributed by atoms with Crippen molar-refractivity contribution in [2.45, 2.75) is 40.5 Å². The third kappa shape index (κ3) is 5.59. The maximum Gasteiger partial charge on any atom is 0.119 e. The number of ether oxygens (including phenoxy) is 1. The van der Waals surface area contributed by atoms with Crippen molar-refractivity contribution in [3.63, 3.8) is 0 Å². The van der Waals surface area contributed by atoms with Crippen molar-refractivity contribution >= 4 is 5.76 Å². The number of rotatable bonds is 4. The van der Waals surface area contributed by atoms with Gasteiger partial charge in [0.25, 0.3) is 0 Å². The van der Waals surface area contributed by atoms with Crippen LogP contribution in [0.3, 0.4) is 0 Å². The molecule has 1 aromatic carbocycles. The van der Waals surface area contributed by atoms with Crippen LogP contribution in [0.1, 0.15) is 44.7 Å². The van der Waals surface area contributed by atoms with Crippen LogP contribution < -0.4 is 0 Å². The van der Waals surface area contributed by atoms with E-state index in [2.05, 4.69) is 40.3 Å². The smallest absolute Gasteiger partial charge is 0.119 e. The van der Waals surface area contributed by atoms with Gasteiger partial charge in [0, 0.05) is 5.56 Å². The van der Waals surface area contributed by atoms with Gasteiger partial charge in [-0.1, -0.05) is 58.0 Å². The Hall–Kier alpha value is -1.24. The highest BCUT2D eigenvalue weighted by molar-refractivity contribution is 5.60. The molecule has 1 heteroatoms. The van der Waals surface area contributed by atoms with Crippen LogP contribution in [0.15, 0.2) is 30.8 Å². The normalized spacial score (nSPS) is 9.00. The summed E-state index contributed by atoms with van der Waals surface area (Å²) in [6.07, 6.45) is 2.27. The van der Waals surface area contributed by atoms with Gasteiger partial charge in [-0.3, -0.25) is 0 Å². The zero-order valence-corrected chi connectivity index (χ0v) is 11.0. The first-order chi connectivity index (χ1) is 7.67. The molecule has 0 spiro atoms. The van der Waals surface area contributed by atoms with Crippen LogP contribution in [0.2, 0.25) is 0 Å². The minimum Gasteiger partial charge on any atom is -0.494 e. The highest BCUT2D eigenvalue weighted by Gasteiger charge is 2.01. The van der Waals surface area contributed by atoms with Crippen molar-refractivity contribution in [1.82, 2.24) is 0 Å². The average molecular weight is 220 g/mol. The highest BCUT2D eigenvalue weighted by Crippen LogP contribution is 2.17. The molecule has 0 unspecified atom stereocenters. The minimum absolute atomic E-state index is 0.743. The second kappa shape index (κ2) is 9.02. The zero-order valence-electron chi connectivity index (χ0n) is 11.0. The lowest BCUT2D eigenvalue weighted by atomic mass is 10.1. The van der Waals surface area contributed by atoms with Crippen LogP contribution in [0.5, 0.6) is 0 Å². The molecule has 1 aromatic rings. The fraction of sp³-hybridized carbons (Fsp3) is 0.467. The van der Waals surface area contributed by atoms with E-state index in [1.165, 1.54) is 12.0 Å². The summed E-state index contributed by atoms with van der Waals surface area (Å²) in [6, 6.07) is 8.12. The molecule has 90 valence electrons. The Morgan fingerprint density at radius 1 is 1.19 bits per heavy atom. The molecule has 16 heavy (non-hydrogen) atoms. The predicted molar refractivity (Wildman–Crippen MR) is 72.4 cm³/mol. The molecular formula is C15H24O. The van der Waals surface area contributed by atoms with Crippen molar-refractivity contribution in [2.75, 3.05) is 6.61 Å². The van der Waals surface area contributed by atoms with Gasteiger partial charge in [-0.25, -0.2) is 0 Å². The first kappa shape index (κ1) is 14.8. The van der Waals surface area contributed by atoms with Crippen LogP contribution >= 0.6 is 0 Å². The van der Waals surface area contributed by atoms with Crippen LogP contribution in [0.25, 0.3) is 5.76 Å². The fourth-order valence-corrected chi connectivity index (χ4v) is 1.19. The number of hydrogen-bond acceptors (Lipinski definition) is 1. The monoisotopic (exact) mass is 220 g/mol. The standard InChI is InChI=1S/C12H16O.C3H8/c1-4-9-13-11(3)12-8-6-5-7-10(12)2;1-3-2/h5-8H,3-4,9H2,1-2H3;3H2,1-2H3. The fourth-order valence-electron chi connectivity index (χ4n) is 1.19. The van der Waals surface area contributed by atoms with Gasteiger partial charge in [-0.15, -0.1) is 0 Å². The van der Waals surface area contributed by atoms with Crippen LogP contribution in [0, 0.1) is 6.92 Å². The lowest BCUT2D eigenvalue weighted by Crippen LogP contribution is -1.94. The van der Waals surface area contributed by atoms with Gasteiger partial charge in [0.2, 0.25) is 0 Å². The Morgan fingerprint density at radius 3 is 2.25 bits per heavy atom. The average Bonchev–Trinajstić information content (AvgIpc) is 2.27. The van der Waals surface area contributed by atoms with E-state index in [-0.39, 0.29) is 0 Å². The van der Waals surface area contributed by atoms with Gasteiger partial charge in [0.1, 0.15) is 5.76 Å². The molecule has 1 rings (SSSR count). The molecule has 0 fully saturated rings. The largest absolute Gasteiger partial charge is 0.494 e. The van der Waals surface area contributed by atoms with Gasteiger partial charge in [0.05, 0.1) is 6.61 Å². The van der Waals surface area contributed by atoms with Crippen LogP contribution in [-0.4, -0.2) is 6.61 Å². The first-order valence-electron chi connectivity index (χ1n) is 6.05. The van der Waals surface area contributed by atoms with Crippen molar-refractivity contribution in [2.24, 2.45) is 0 Å². The molecule has 1 nitrogen and oxygen atoms in total. The Labute approximate surface area is 100 Å². The maximum atomic E-state index is 5.46. The zero-order chi connectivity index (χ0) is 12.4. The quantitative estimate of drug-likeness (QED) is 0.662. The van der Waals surface area contributed by atoms with E-state index in [1.54, 1.807) is 0 Å². The molecule has 0 aliphatic rings. The van der Waals surface area contributed by atoms with Gasteiger partial charge >= 0.3 is 0 Å².